The lowest BCUT2D eigenvalue weighted by atomic mass is 10.2. The first-order chi connectivity index (χ1) is 5.13. The van der Waals surface area contributed by atoms with Crippen LogP contribution in [0.4, 0.5) is 0 Å². The first-order valence-electron chi connectivity index (χ1n) is 3.49. The molecular formula is C8H13N3. The quantitative estimate of drug-likeness (QED) is 0.603. The molecule has 1 aliphatic heterocycles. The molecule has 0 amide bonds. The summed E-state index contributed by atoms with van der Waals surface area (Å²) in [6.45, 7) is 5.84. The van der Waals surface area contributed by atoms with Crippen LogP contribution < -0.4 is 5.32 Å². The number of allylic oxidation sites excluding steroid dienone is 1. The third kappa shape index (κ3) is 1.42. The van der Waals surface area contributed by atoms with Crippen molar-refractivity contribution in [2.24, 2.45) is 4.99 Å². The van der Waals surface area contributed by atoms with Gasteiger partial charge in [0.05, 0.1) is 6.34 Å². The summed E-state index contributed by atoms with van der Waals surface area (Å²) in [5.74, 6) is 0.966. The number of hydrogen-bond acceptors (Lipinski definition) is 3. The van der Waals surface area contributed by atoms with E-state index in [-0.39, 0.29) is 0 Å². The molecule has 0 saturated carbocycles. The Kier molecular flexibility index (Phi) is 1.98. The van der Waals surface area contributed by atoms with Crippen molar-refractivity contribution in [3.63, 3.8) is 0 Å². The van der Waals surface area contributed by atoms with Gasteiger partial charge in [0, 0.05) is 25.4 Å². The van der Waals surface area contributed by atoms with Gasteiger partial charge in [-0.3, -0.25) is 0 Å². The molecule has 0 bridgehead atoms. The standard InChI is InChI=1S/C8H13N3/c1-6-7(2)9-5-10-8(6)11(3)4/h5H,2H2,1,3-4H3,(H,9,10). The van der Waals surface area contributed by atoms with E-state index in [4.69, 9.17) is 0 Å². The molecule has 0 radical (unpaired) electrons. The molecular weight excluding hydrogens is 138 g/mol. The molecule has 0 aromatic heterocycles. The molecule has 0 unspecified atom stereocenters. The van der Waals surface area contributed by atoms with Gasteiger partial charge in [0.25, 0.3) is 0 Å². The van der Waals surface area contributed by atoms with Crippen LogP contribution in [0.5, 0.6) is 0 Å². The largest absolute Gasteiger partial charge is 0.362 e. The fourth-order valence-corrected chi connectivity index (χ4v) is 0.962. The molecule has 3 nitrogen and oxygen atoms in total. The Labute approximate surface area is 67.1 Å². The van der Waals surface area contributed by atoms with Gasteiger partial charge in [0.1, 0.15) is 5.82 Å². The Hall–Kier alpha value is -1.25. The van der Waals surface area contributed by atoms with Crippen LogP contribution in [0.2, 0.25) is 0 Å². The summed E-state index contributed by atoms with van der Waals surface area (Å²) >= 11 is 0. The van der Waals surface area contributed by atoms with Crippen LogP contribution in [0.3, 0.4) is 0 Å². The Morgan fingerprint density at radius 1 is 1.55 bits per heavy atom. The van der Waals surface area contributed by atoms with Gasteiger partial charge < -0.3 is 10.2 Å². The van der Waals surface area contributed by atoms with Crippen LogP contribution in [-0.4, -0.2) is 25.3 Å². The van der Waals surface area contributed by atoms with E-state index in [1.165, 1.54) is 0 Å². The molecule has 0 saturated heterocycles. The Bertz CT molecular complexity index is 236. The molecule has 0 aromatic rings. The van der Waals surface area contributed by atoms with E-state index in [1.54, 1.807) is 6.34 Å². The number of rotatable bonds is 1. The van der Waals surface area contributed by atoms with Crippen LogP contribution in [-0.2, 0) is 0 Å². The molecule has 0 aromatic carbocycles. The minimum Gasteiger partial charge on any atom is -0.362 e. The van der Waals surface area contributed by atoms with Crippen molar-refractivity contribution < 1.29 is 0 Å². The Morgan fingerprint density at radius 3 is 2.64 bits per heavy atom. The molecule has 11 heavy (non-hydrogen) atoms. The SMILES string of the molecule is C=C1NC=NC(N(C)C)=C1C. The zero-order valence-electron chi connectivity index (χ0n) is 7.18. The van der Waals surface area contributed by atoms with Crippen molar-refractivity contribution in [3.8, 4) is 0 Å². The van der Waals surface area contributed by atoms with Gasteiger partial charge in [-0.1, -0.05) is 6.58 Å². The molecule has 0 fully saturated rings. The molecule has 1 aliphatic rings. The highest BCUT2D eigenvalue weighted by Crippen LogP contribution is 2.15. The van der Waals surface area contributed by atoms with Gasteiger partial charge in [0.15, 0.2) is 0 Å². The lowest BCUT2D eigenvalue weighted by Crippen LogP contribution is -2.22. The van der Waals surface area contributed by atoms with Gasteiger partial charge >= 0.3 is 0 Å². The molecule has 1 rings (SSSR count). The average Bonchev–Trinajstić information content (AvgIpc) is 1.94. The highest BCUT2D eigenvalue weighted by molar-refractivity contribution is 5.64. The maximum absolute atomic E-state index is 4.17. The van der Waals surface area contributed by atoms with Crippen LogP contribution >= 0.6 is 0 Å². The second-order valence-corrected chi connectivity index (χ2v) is 2.72. The summed E-state index contributed by atoms with van der Waals surface area (Å²) in [6.07, 6.45) is 1.66. The summed E-state index contributed by atoms with van der Waals surface area (Å²) < 4.78 is 0. The molecule has 0 atom stereocenters. The normalized spacial score (nSPS) is 16.8. The van der Waals surface area contributed by atoms with E-state index in [0.29, 0.717) is 0 Å². The van der Waals surface area contributed by atoms with Crippen molar-refractivity contribution in [1.82, 2.24) is 10.2 Å². The van der Waals surface area contributed by atoms with Gasteiger partial charge in [-0.05, 0) is 6.92 Å². The zero-order valence-corrected chi connectivity index (χ0v) is 7.18. The van der Waals surface area contributed by atoms with Gasteiger partial charge in [-0.25, -0.2) is 4.99 Å². The number of nitrogens with zero attached hydrogens (tertiary/aromatic N) is 2. The second kappa shape index (κ2) is 2.78. The highest BCUT2D eigenvalue weighted by Gasteiger charge is 2.09. The van der Waals surface area contributed by atoms with Crippen LogP contribution in [0.15, 0.2) is 28.7 Å². The predicted octanol–water partition coefficient (Wildman–Crippen LogP) is 0.925. The molecule has 3 heteroatoms. The van der Waals surface area contributed by atoms with Crippen LogP contribution in [0.25, 0.3) is 0 Å². The second-order valence-electron chi connectivity index (χ2n) is 2.72. The van der Waals surface area contributed by atoms with Gasteiger partial charge in [-0.15, -0.1) is 0 Å². The van der Waals surface area contributed by atoms with E-state index in [2.05, 4.69) is 16.9 Å². The fourth-order valence-electron chi connectivity index (χ4n) is 0.962. The fraction of sp³-hybridized carbons (Fsp3) is 0.375. The van der Waals surface area contributed by atoms with Crippen molar-refractivity contribution in [2.75, 3.05) is 14.1 Å². The minimum atomic E-state index is 0.920. The molecule has 60 valence electrons. The van der Waals surface area contributed by atoms with E-state index in [1.807, 2.05) is 25.9 Å². The third-order valence-electron chi connectivity index (χ3n) is 1.64. The zero-order chi connectivity index (χ0) is 8.43. The first kappa shape index (κ1) is 7.85. The predicted molar refractivity (Wildman–Crippen MR) is 47.2 cm³/mol. The van der Waals surface area contributed by atoms with E-state index < -0.39 is 0 Å². The van der Waals surface area contributed by atoms with Crippen LogP contribution in [0, 0.1) is 0 Å². The van der Waals surface area contributed by atoms with Gasteiger partial charge in [-0.2, -0.15) is 0 Å². The van der Waals surface area contributed by atoms with E-state index in [0.717, 1.165) is 17.1 Å². The Balaban J connectivity index is 2.98. The van der Waals surface area contributed by atoms with Gasteiger partial charge in [0.2, 0.25) is 0 Å². The first-order valence-corrected chi connectivity index (χ1v) is 3.49. The lowest BCUT2D eigenvalue weighted by Gasteiger charge is -2.20. The van der Waals surface area contributed by atoms with E-state index >= 15 is 0 Å². The lowest BCUT2D eigenvalue weighted by molar-refractivity contribution is 0.498. The van der Waals surface area contributed by atoms with Crippen molar-refractivity contribution >= 4 is 6.34 Å². The van der Waals surface area contributed by atoms with Crippen LogP contribution in [0.1, 0.15) is 6.92 Å². The average molecular weight is 151 g/mol. The summed E-state index contributed by atoms with van der Waals surface area (Å²) in [6, 6.07) is 0. The monoisotopic (exact) mass is 151 g/mol. The molecule has 0 spiro atoms. The Morgan fingerprint density at radius 2 is 2.18 bits per heavy atom. The molecule has 1 heterocycles. The molecule has 0 aliphatic carbocycles. The summed E-state index contributed by atoms with van der Waals surface area (Å²) in [5.41, 5.74) is 2.02. The summed E-state index contributed by atoms with van der Waals surface area (Å²) in [4.78, 5) is 6.14. The van der Waals surface area contributed by atoms with Crippen molar-refractivity contribution in [2.45, 2.75) is 6.92 Å². The molecule has 1 N–H and O–H groups in total. The maximum atomic E-state index is 4.17. The topological polar surface area (TPSA) is 27.6 Å². The third-order valence-corrected chi connectivity index (χ3v) is 1.64. The number of nitrogens with one attached hydrogen (secondary N) is 1. The van der Waals surface area contributed by atoms with E-state index in [9.17, 15) is 0 Å². The number of hydrogen-bond donors (Lipinski definition) is 1. The summed E-state index contributed by atoms with van der Waals surface area (Å²) in [7, 11) is 3.93. The minimum absolute atomic E-state index is 0.920. The number of aliphatic imine (C=N–C) groups is 1. The smallest absolute Gasteiger partial charge is 0.134 e. The summed E-state index contributed by atoms with van der Waals surface area (Å²) in [5, 5.41) is 2.95. The maximum Gasteiger partial charge on any atom is 0.134 e. The van der Waals surface area contributed by atoms with Crippen molar-refractivity contribution in [1.29, 1.82) is 0 Å². The highest BCUT2D eigenvalue weighted by atomic mass is 15.2. The van der Waals surface area contributed by atoms with Crippen molar-refractivity contribution in [3.05, 3.63) is 23.7 Å².